The smallest absolute Gasteiger partial charge is 0.0741 e. The highest BCUT2D eigenvalue weighted by atomic mass is 16.3. The normalized spacial score (nSPS) is 18.0. The molecule has 2 atom stereocenters. The van der Waals surface area contributed by atoms with Crippen LogP contribution in [0.25, 0.3) is 0 Å². The Morgan fingerprint density at radius 1 is 1.36 bits per heavy atom. The van der Waals surface area contributed by atoms with Crippen molar-refractivity contribution in [2.75, 3.05) is 6.54 Å². The van der Waals surface area contributed by atoms with Crippen LogP contribution in [0.1, 0.15) is 27.7 Å². The van der Waals surface area contributed by atoms with Crippen molar-refractivity contribution in [2.45, 2.75) is 45.4 Å². The van der Waals surface area contributed by atoms with Gasteiger partial charge in [0, 0.05) is 12.6 Å². The molecule has 0 aromatic rings. The predicted molar refractivity (Wildman–Crippen MR) is 45.4 cm³/mol. The van der Waals surface area contributed by atoms with Gasteiger partial charge in [-0.1, -0.05) is 0 Å². The maximum absolute atomic E-state index is 9.45. The van der Waals surface area contributed by atoms with Gasteiger partial charge >= 0.3 is 0 Å². The van der Waals surface area contributed by atoms with Crippen molar-refractivity contribution in [3.8, 4) is 0 Å². The van der Waals surface area contributed by atoms with Crippen molar-refractivity contribution in [3.63, 3.8) is 0 Å². The number of aliphatic hydroxyl groups is 2. The Bertz CT molecular complexity index is 107. The molecule has 0 amide bonds. The van der Waals surface area contributed by atoms with Gasteiger partial charge in [0.05, 0.1) is 11.7 Å². The third-order valence-corrected chi connectivity index (χ3v) is 1.78. The lowest BCUT2D eigenvalue weighted by Gasteiger charge is -2.27. The minimum Gasteiger partial charge on any atom is -0.392 e. The Balaban J connectivity index is 3.61. The molecule has 3 heteroatoms. The van der Waals surface area contributed by atoms with Gasteiger partial charge < -0.3 is 15.5 Å². The lowest BCUT2D eigenvalue weighted by molar-refractivity contribution is 0.0396. The molecule has 0 aliphatic heterocycles. The van der Waals surface area contributed by atoms with E-state index in [1.807, 2.05) is 6.92 Å². The van der Waals surface area contributed by atoms with Crippen LogP contribution in [0, 0.1) is 0 Å². The third kappa shape index (κ3) is 5.18. The summed E-state index contributed by atoms with van der Waals surface area (Å²) in [6.07, 6.45) is -0.361. The average Bonchev–Trinajstić information content (AvgIpc) is 1.80. The van der Waals surface area contributed by atoms with Crippen LogP contribution < -0.4 is 5.32 Å². The molecule has 0 spiro atoms. The first-order chi connectivity index (χ1) is 4.84. The van der Waals surface area contributed by atoms with E-state index in [1.165, 1.54) is 0 Å². The molecule has 0 aliphatic rings. The molecular formula is C8H19NO2. The molecule has 0 radical (unpaired) electrons. The zero-order valence-electron chi connectivity index (χ0n) is 7.76. The van der Waals surface area contributed by atoms with Crippen LogP contribution in [0.5, 0.6) is 0 Å². The lowest BCUT2D eigenvalue weighted by Crippen LogP contribution is -2.46. The molecule has 0 saturated heterocycles. The Morgan fingerprint density at radius 3 is 2.09 bits per heavy atom. The maximum Gasteiger partial charge on any atom is 0.0741 e. The summed E-state index contributed by atoms with van der Waals surface area (Å²) in [6, 6.07) is -0.00269. The quantitative estimate of drug-likeness (QED) is 0.549. The molecule has 0 rings (SSSR count). The zero-order valence-corrected chi connectivity index (χ0v) is 7.76. The van der Waals surface area contributed by atoms with Gasteiger partial charge in [-0.3, -0.25) is 0 Å². The first kappa shape index (κ1) is 10.9. The van der Waals surface area contributed by atoms with Crippen molar-refractivity contribution in [1.29, 1.82) is 0 Å². The fourth-order valence-corrected chi connectivity index (χ4v) is 0.597. The number of nitrogens with one attached hydrogen (secondary N) is 1. The molecule has 0 heterocycles. The molecule has 0 fully saturated rings. The van der Waals surface area contributed by atoms with Crippen molar-refractivity contribution < 1.29 is 10.2 Å². The largest absolute Gasteiger partial charge is 0.392 e. The molecule has 68 valence electrons. The van der Waals surface area contributed by atoms with Crippen LogP contribution in [0.15, 0.2) is 0 Å². The SMILES string of the molecule is CC(NC[C@@H](C)O)C(C)(C)O. The first-order valence-electron chi connectivity index (χ1n) is 3.98. The Labute approximate surface area is 68.4 Å². The second-order valence-corrected chi connectivity index (χ2v) is 3.63. The highest BCUT2D eigenvalue weighted by molar-refractivity contribution is 4.79. The first-order valence-corrected chi connectivity index (χ1v) is 3.98. The second kappa shape index (κ2) is 4.04. The van der Waals surface area contributed by atoms with E-state index in [2.05, 4.69) is 5.32 Å². The predicted octanol–water partition coefficient (Wildman–Crippen LogP) is 0.116. The van der Waals surface area contributed by atoms with Crippen molar-refractivity contribution in [1.82, 2.24) is 5.32 Å². The summed E-state index contributed by atoms with van der Waals surface area (Å²) < 4.78 is 0. The standard InChI is InChI=1S/C8H19NO2/c1-6(10)5-9-7(2)8(3,4)11/h6-7,9-11H,5H2,1-4H3/t6-,7?/m1/s1. The molecule has 0 aliphatic carbocycles. The van der Waals surface area contributed by atoms with Crippen LogP contribution in [0.3, 0.4) is 0 Å². The van der Waals surface area contributed by atoms with Crippen LogP contribution in [-0.2, 0) is 0 Å². The maximum atomic E-state index is 9.45. The summed E-state index contributed by atoms with van der Waals surface area (Å²) in [5.74, 6) is 0. The van der Waals surface area contributed by atoms with E-state index in [0.29, 0.717) is 6.54 Å². The summed E-state index contributed by atoms with van der Waals surface area (Å²) in [7, 11) is 0. The molecule has 1 unspecified atom stereocenters. The second-order valence-electron chi connectivity index (χ2n) is 3.63. The molecule has 0 saturated carbocycles. The number of hydrogen-bond acceptors (Lipinski definition) is 3. The molecule has 0 bridgehead atoms. The van der Waals surface area contributed by atoms with E-state index < -0.39 is 5.60 Å². The summed E-state index contributed by atoms with van der Waals surface area (Å²) in [4.78, 5) is 0. The highest BCUT2D eigenvalue weighted by Gasteiger charge is 2.21. The number of rotatable bonds is 4. The summed E-state index contributed by atoms with van der Waals surface area (Å²) in [6.45, 7) is 7.61. The Kier molecular flexibility index (Phi) is 4.00. The molecule has 0 aromatic carbocycles. The van der Waals surface area contributed by atoms with E-state index in [9.17, 15) is 5.11 Å². The van der Waals surface area contributed by atoms with E-state index in [4.69, 9.17) is 5.11 Å². The lowest BCUT2D eigenvalue weighted by atomic mass is 10.0. The van der Waals surface area contributed by atoms with Gasteiger partial charge in [-0.15, -0.1) is 0 Å². The van der Waals surface area contributed by atoms with Crippen molar-refractivity contribution >= 4 is 0 Å². The van der Waals surface area contributed by atoms with Gasteiger partial charge in [-0.25, -0.2) is 0 Å². The molecule has 3 nitrogen and oxygen atoms in total. The summed E-state index contributed by atoms with van der Waals surface area (Å²) >= 11 is 0. The zero-order chi connectivity index (χ0) is 9.07. The topological polar surface area (TPSA) is 52.5 Å². The molecular weight excluding hydrogens is 142 g/mol. The minimum atomic E-state index is -0.727. The van der Waals surface area contributed by atoms with Gasteiger partial charge in [0.1, 0.15) is 0 Å². The van der Waals surface area contributed by atoms with E-state index >= 15 is 0 Å². The van der Waals surface area contributed by atoms with Gasteiger partial charge in [0.2, 0.25) is 0 Å². The third-order valence-electron chi connectivity index (χ3n) is 1.78. The summed E-state index contributed by atoms with van der Waals surface area (Å²) in [5, 5.41) is 21.4. The molecule has 0 aromatic heterocycles. The Hall–Kier alpha value is -0.120. The van der Waals surface area contributed by atoms with E-state index in [-0.39, 0.29) is 12.1 Å². The van der Waals surface area contributed by atoms with E-state index in [1.54, 1.807) is 20.8 Å². The van der Waals surface area contributed by atoms with Crippen LogP contribution in [0.2, 0.25) is 0 Å². The highest BCUT2D eigenvalue weighted by Crippen LogP contribution is 2.06. The van der Waals surface area contributed by atoms with Crippen molar-refractivity contribution in [2.24, 2.45) is 0 Å². The van der Waals surface area contributed by atoms with Crippen LogP contribution in [-0.4, -0.2) is 34.5 Å². The molecule has 11 heavy (non-hydrogen) atoms. The van der Waals surface area contributed by atoms with Gasteiger partial charge in [-0.05, 0) is 27.7 Å². The van der Waals surface area contributed by atoms with Gasteiger partial charge in [0.15, 0.2) is 0 Å². The number of hydrogen-bond donors (Lipinski definition) is 3. The van der Waals surface area contributed by atoms with Crippen LogP contribution in [0.4, 0.5) is 0 Å². The van der Waals surface area contributed by atoms with Gasteiger partial charge in [0.25, 0.3) is 0 Å². The minimum absolute atomic E-state index is 0.00269. The number of aliphatic hydroxyl groups excluding tert-OH is 1. The summed E-state index contributed by atoms with van der Waals surface area (Å²) in [5.41, 5.74) is -0.727. The van der Waals surface area contributed by atoms with E-state index in [0.717, 1.165) is 0 Å². The van der Waals surface area contributed by atoms with Gasteiger partial charge in [-0.2, -0.15) is 0 Å². The Morgan fingerprint density at radius 2 is 1.82 bits per heavy atom. The van der Waals surface area contributed by atoms with Crippen LogP contribution >= 0.6 is 0 Å². The fraction of sp³-hybridized carbons (Fsp3) is 1.00. The molecule has 3 N–H and O–H groups in total. The monoisotopic (exact) mass is 161 g/mol. The average molecular weight is 161 g/mol. The fourth-order valence-electron chi connectivity index (χ4n) is 0.597. The van der Waals surface area contributed by atoms with Crippen molar-refractivity contribution in [3.05, 3.63) is 0 Å².